The number of allylic oxidation sites excluding steroid dienone is 1. The van der Waals surface area contributed by atoms with Crippen molar-refractivity contribution in [2.24, 2.45) is 0 Å². The summed E-state index contributed by atoms with van der Waals surface area (Å²) in [5, 5.41) is 15.2. The summed E-state index contributed by atoms with van der Waals surface area (Å²) in [7, 11) is 0. The van der Waals surface area contributed by atoms with Gasteiger partial charge in [-0.25, -0.2) is 0 Å². The molecule has 2 N–H and O–H groups in total. The first kappa shape index (κ1) is 10.8. The van der Waals surface area contributed by atoms with Crippen LogP contribution in [0.2, 0.25) is 0 Å². The molecule has 1 atom stereocenters. The fourth-order valence-corrected chi connectivity index (χ4v) is 2.42. The van der Waals surface area contributed by atoms with E-state index >= 15 is 0 Å². The third kappa shape index (κ3) is 1.73. The lowest BCUT2D eigenvalue weighted by Crippen LogP contribution is -2.16. The zero-order valence-electron chi connectivity index (χ0n) is 9.72. The van der Waals surface area contributed by atoms with Crippen molar-refractivity contribution in [1.29, 1.82) is 0 Å². The second-order valence-corrected chi connectivity index (χ2v) is 4.44. The third-order valence-corrected chi connectivity index (χ3v) is 3.34. The normalized spacial score (nSPS) is 18.8. The standard InChI is InChI=1S/C13H13N3O2/c17-16(18)13-7-10-3-6-15-12(10)8-11(13)9-1-4-14-5-2-9/h1,3-4,6-9,14-15H,2,5H2. The molecule has 5 nitrogen and oxygen atoms in total. The van der Waals surface area contributed by atoms with Crippen LogP contribution < -0.4 is 5.32 Å². The predicted octanol–water partition coefficient (Wildman–Crippen LogP) is 2.67. The molecule has 0 saturated heterocycles. The van der Waals surface area contributed by atoms with Gasteiger partial charge in [-0.15, -0.1) is 0 Å². The number of benzene rings is 1. The molecule has 5 heteroatoms. The van der Waals surface area contributed by atoms with Crippen LogP contribution in [0, 0.1) is 10.1 Å². The Morgan fingerprint density at radius 2 is 2.28 bits per heavy atom. The van der Waals surface area contributed by atoms with Crippen molar-refractivity contribution in [3.8, 4) is 0 Å². The second kappa shape index (κ2) is 4.18. The first-order valence-corrected chi connectivity index (χ1v) is 5.91. The van der Waals surface area contributed by atoms with Crippen molar-refractivity contribution in [3.63, 3.8) is 0 Å². The lowest BCUT2D eigenvalue weighted by molar-refractivity contribution is -0.385. The predicted molar refractivity (Wildman–Crippen MR) is 69.5 cm³/mol. The number of H-pyrrole nitrogens is 1. The van der Waals surface area contributed by atoms with E-state index in [0.717, 1.165) is 29.4 Å². The van der Waals surface area contributed by atoms with Crippen molar-refractivity contribution in [2.45, 2.75) is 12.3 Å². The van der Waals surface area contributed by atoms with Gasteiger partial charge >= 0.3 is 0 Å². The Hall–Kier alpha value is -2.30. The molecule has 0 saturated carbocycles. The molecule has 0 radical (unpaired) electrons. The second-order valence-electron chi connectivity index (χ2n) is 4.44. The molecule has 1 unspecified atom stereocenters. The molecule has 0 aliphatic carbocycles. The van der Waals surface area contributed by atoms with E-state index < -0.39 is 0 Å². The molecule has 0 fully saturated rings. The number of hydrogen-bond acceptors (Lipinski definition) is 3. The molecule has 1 aromatic heterocycles. The monoisotopic (exact) mass is 243 g/mol. The van der Waals surface area contributed by atoms with E-state index in [1.807, 2.05) is 24.4 Å². The van der Waals surface area contributed by atoms with Crippen LogP contribution in [-0.2, 0) is 0 Å². The summed E-state index contributed by atoms with van der Waals surface area (Å²) >= 11 is 0. The summed E-state index contributed by atoms with van der Waals surface area (Å²) in [6.07, 6.45) is 6.54. The lowest BCUT2D eigenvalue weighted by Gasteiger charge is -2.17. The van der Waals surface area contributed by atoms with E-state index in [9.17, 15) is 10.1 Å². The molecule has 0 amide bonds. The first-order chi connectivity index (χ1) is 8.75. The Morgan fingerprint density at radius 3 is 3.00 bits per heavy atom. The Morgan fingerprint density at radius 1 is 1.39 bits per heavy atom. The highest BCUT2D eigenvalue weighted by atomic mass is 16.6. The van der Waals surface area contributed by atoms with Crippen LogP contribution in [0.25, 0.3) is 10.9 Å². The molecular formula is C13H13N3O2. The van der Waals surface area contributed by atoms with Crippen LogP contribution >= 0.6 is 0 Å². The number of aromatic amines is 1. The maximum atomic E-state index is 11.2. The summed E-state index contributed by atoms with van der Waals surface area (Å²) in [4.78, 5) is 14.0. The molecule has 3 rings (SSSR count). The zero-order chi connectivity index (χ0) is 12.5. The van der Waals surface area contributed by atoms with E-state index in [2.05, 4.69) is 10.3 Å². The van der Waals surface area contributed by atoms with E-state index in [-0.39, 0.29) is 16.5 Å². The van der Waals surface area contributed by atoms with Crippen molar-refractivity contribution >= 4 is 16.6 Å². The van der Waals surface area contributed by atoms with E-state index in [1.165, 1.54) is 0 Å². The van der Waals surface area contributed by atoms with Gasteiger partial charge in [-0.2, -0.15) is 0 Å². The highest BCUT2D eigenvalue weighted by Crippen LogP contribution is 2.34. The highest BCUT2D eigenvalue weighted by molar-refractivity contribution is 5.83. The summed E-state index contributed by atoms with van der Waals surface area (Å²) in [5.41, 5.74) is 1.94. The van der Waals surface area contributed by atoms with Gasteiger partial charge in [0.1, 0.15) is 0 Å². The molecule has 1 aliphatic rings. The smallest absolute Gasteiger partial charge is 0.273 e. The SMILES string of the molecule is O=[N+]([O-])c1cc2cc[nH]c2cc1C1C=CNCC1. The summed E-state index contributed by atoms with van der Waals surface area (Å²) in [6, 6.07) is 5.40. The third-order valence-electron chi connectivity index (χ3n) is 3.34. The van der Waals surface area contributed by atoms with Gasteiger partial charge < -0.3 is 10.3 Å². The zero-order valence-corrected chi connectivity index (χ0v) is 9.72. The van der Waals surface area contributed by atoms with Crippen molar-refractivity contribution in [3.05, 3.63) is 52.3 Å². The molecule has 0 spiro atoms. The minimum Gasteiger partial charge on any atom is -0.391 e. The van der Waals surface area contributed by atoms with E-state index in [4.69, 9.17) is 0 Å². The maximum Gasteiger partial charge on any atom is 0.273 e. The van der Waals surface area contributed by atoms with Crippen molar-refractivity contribution in [2.75, 3.05) is 6.54 Å². The molecule has 1 aliphatic heterocycles. The number of nitro benzene ring substituents is 1. The average molecular weight is 243 g/mol. The molecule has 0 bridgehead atoms. The van der Waals surface area contributed by atoms with Crippen LogP contribution in [0.4, 0.5) is 5.69 Å². The maximum absolute atomic E-state index is 11.2. The van der Waals surface area contributed by atoms with Crippen LogP contribution in [0.15, 0.2) is 36.7 Å². The van der Waals surface area contributed by atoms with Crippen molar-refractivity contribution in [1.82, 2.24) is 10.3 Å². The Kier molecular flexibility index (Phi) is 2.51. The molecule has 92 valence electrons. The van der Waals surface area contributed by atoms with E-state index in [0.29, 0.717) is 0 Å². The minimum atomic E-state index is -0.294. The van der Waals surface area contributed by atoms with Crippen LogP contribution in [0.3, 0.4) is 0 Å². The van der Waals surface area contributed by atoms with Crippen molar-refractivity contribution < 1.29 is 4.92 Å². The average Bonchev–Trinajstić information content (AvgIpc) is 2.85. The van der Waals surface area contributed by atoms with E-state index in [1.54, 1.807) is 12.3 Å². The first-order valence-electron chi connectivity index (χ1n) is 5.91. The fourth-order valence-electron chi connectivity index (χ4n) is 2.42. The Balaban J connectivity index is 2.17. The molecule has 2 heterocycles. The number of fused-ring (bicyclic) bond motifs is 1. The van der Waals surface area contributed by atoms with Gasteiger partial charge in [0.05, 0.1) is 4.92 Å². The number of nitro groups is 1. The van der Waals surface area contributed by atoms with Crippen LogP contribution in [-0.4, -0.2) is 16.5 Å². The number of hydrogen-bond donors (Lipinski definition) is 2. The highest BCUT2D eigenvalue weighted by Gasteiger charge is 2.22. The molecule has 1 aromatic carbocycles. The lowest BCUT2D eigenvalue weighted by atomic mass is 9.92. The summed E-state index contributed by atoms with van der Waals surface area (Å²) < 4.78 is 0. The molecular weight excluding hydrogens is 230 g/mol. The van der Waals surface area contributed by atoms with Gasteiger partial charge in [0.2, 0.25) is 0 Å². The number of aromatic nitrogens is 1. The summed E-state index contributed by atoms with van der Waals surface area (Å²) in [6.45, 7) is 0.848. The van der Waals surface area contributed by atoms with Gasteiger partial charge in [0.15, 0.2) is 0 Å². The van der Waals surface area contributed by atoms with Gasteiger partial charge in [-0.05, 0) is 24.8 Å². The molecule has 18 heavy (non-hydrogen) atoms. The largest absolute Gasteiger partial charge is 0.391 e. The van der Waals surface area contributed by atoms with Gasteiger partial charge in [0.25, 0.3) is 5.69 Å². The fraction of sp³-hybridized carbons (Fsp3) is 0.231. The molecule has 2 aromatic rings. The number of rotatable bonds is 2. The minimum absolute atomic E-state index is 0.111. The number of nitrogens with one attached hydrogen (secondary N) is 2. The Bertz CT molecular complexity index is 630. The van der Waals surface area contributed by atoms with Crippen LogP contribution in [0.5, 0.6) is 0 Å². The van der Waals surface area contributed by atoms with Gasteiger partial charge in [-0.1, -0.05) is 6.08 Å². The Labute approximate surface area is 104 Å². The quantitative estimate of drug-likeness (QED) is 0.629. The number of nitrogens with zero attached hydrogens (tertiary/aromatic N) is 1. The topological polar surface area (TPSA) is 71.0 Å². The summed E-state index contributed by atoms with van der Waals surface area (Å²) in [5.74, 6) is 0.111. The van der Waals surface area contributed by atoms with Gasteiger partial charge in [-0.3, -0.25) is 10.1 Å². The van der Waals surface area contributed by atoms with Crippen LogP contribution in [0.1, 0.15) is 17.9 Å². The van der Waals surface area contributed by atoms with Gasteiger partial charge in [0, 0.05) is 41.2 Å².